The Hall–Kier alpha value is -2.97. The Bertz CT molecular complexity index is 1110. The minimum atomic E-state index is -0.470. The second-order valence-corrected chi connectivity index (χ2v) is 12.2. The number of ether oxygens (including phenoxy) is 1. The Balaban J connectivity index is 1.07. The fourth-order valence-electron chi connectivity index (χ4n) is 6.14. The molecule has 210 valence electrons. The number of nitrogens with zero attached hydrogens (tertiary/aromatic N) is 5. The van der Waals surface area contributed by atoms with Crippen LogP contribution in [0.3, 0.4) is 0 Å². The van der Waals surface area contributed by atoms with E-state index in [1.54, 1.807) is 0 Å². The number of hydrogen-bond acceptors (Lipinski definition) is 7. The molecule has 0 saturated carbocycles. The summed E-state index contributed by atoms with van der Waals surface area (Å²) in [5.41, 5.74) is 2.69. The minimum absolute atomic E-state index is 0.196. The zero-order valence-corrected chi connectivity index (χ0v) is 23.7. The maximum atomic E-state index is 12.7. The second-order valence-electron chi connectivity index (χ2n) is 12.2. The van der Waals surface area contributed by atoms with Crippen molar-refractivity contribution in [2.45, 2.75) is 64.1 Å². The lowest BCUT2D eigenvalue weighted by Gasteiger charge is -2.42. The SMILES string of the molecule is CC(C)(C)OC(=O)N1CC2CCC(C1)N2c1ccnc(CCCN2CCN(CC(=O)c3ccccc3)CC2)c1. The molecule has 0 spiro atoms. The number of pyridine rings is 1. The number of hydrogen-bond donors (Lipinski definition) is 0. The van der Waals surface area contributed by atoms with Gasteiger partial charge in [-0.05, 0) is 65.1 Å². The van der Waals surface area contributed by atoms with Gasteiger partial charge < -0.3 is 19.4 Å². The van der Waals surface area contributed by atoms with Crippen LogP contribution in [-0.4, -0.2) is 102 Å². The van der Waals surface area contributed by atoms with Gasteiger partial charge in [0.1, 0.15) is 5.60 Å². The molecule has 8 heteroatoms. The Labute approximate surface area is 232 Å². The molecule has 2 bridgehead atoms. The summed E-state index contributed by atoms with van der Waals surface area (Å²) in [6.45, 7) is 12.6. The molecule has 0 radical (unpaired) electrons. The molecule has 3 aliphatic rings. The zero-order chi connectivity index (χ0) is 27.4. The number of carbonyl (C=O) groups is 2. The first-order valence-electron chi connectivity index (χ1n) is 14.5. The fourth-order valence-corrected chi connectivity index (χ4v) is 6.14. The number of fused-ring (bicyclic) bond motifs is 2. The average molecular weight is 534 g/mol. The van der Waals surface area contributed by atoms with Crippen LogP contribution in [0, 0.1) is 0 Å². The number of likely N-dealkylation sites (tertiary alicyclic amines) is 1. The van der Waals surface area contributed by atoms with Crippen LogP contribution in [0.1, 0.15) is 56.1 Å². The van der Waals surface area contributed by atoms with E-state index in [0.717, 1.165) is 69.7 Å². The first kappa shape index (κ1) is 27.6. The standard InChI is InChI=1S/C31H43N5O3/c1-31(2,3)39-30(38)35-21-27-11-12-28(22-35)36(27)26-13-14-32-25(20-26)10-7-15-33-16-18-34(19-17-33)23-29(37)24-8-5-4-6-9-24/h4-6,8-9,13-14,20,27-28H,7,10-12,15-19,21-23H2,1-3H3. The lowest BCUT2D eigenvalue weighted by Crippen LogP contribution is -2.56. The van der Waals surface area contributed by atoms with Crippen LogP contribution >= 0.6 is 0 Å². The monoisotopic (exact) mass is 533 g/mol. The van der Waals surface area contributed by atoms with E-state index in [9.17, 15) is 9.59 Å². The summed E-state index contributed by atoms with van der Waals surface area (Å²) in [7, 11) is 0. The highest BCUT2D eigenvalue weighted by molar-refractivity contribution is 5.97. The number of aryl methyl sites for hydroxylation is 1. The van der Waals surface area contributed by atoms with Gasteiger partial charge in [0.2, 0.25) is 0 Å². The molecule has 2 aromatic rings. The van der Waals surface area contributed by atoms with Crippen molar-refractivity contribution < 1.29 is 14.3 Å². The largest absolute Gasteiger partial charge is 0.444 e. The van der Waals surface area contributed by atoms with Gasteiger partial charge in [-0.2, -0.15) is 0 Å². The van der Waals surface area contributed by atoms with Gasteiger partial charge in [-0.3, -0.25) is 14.7 Å². The van der Waals surface area contributed by atoms with Crippen molar-refractivity contribution in [1.29, 1.82) is 0 Å². The summed E-state index contributed by atoms with van der Waals surface area (Å²) in [6, 6.07) is 14.6. The first-order chi connectivity index (χ1) is 18.7. The van der Waals surface area contributed by atoms with E-state index in [0.29, 0.717) is 31.7 Å². The van der Waals surface area contributed by atoms with Crippen LogP contribution in [0.2, 0.25) is 0 Å². The Morgan fingerprint density at radius 3 is 2.28 bits per heavy atom. The molecular weight excluding hydrogens is 490 g/mol. The summed E-state index contributed by atoms with van der Waals surface area (Å²) >= 11 is 0. The highest BCUT2D eigenvalue weighted by Crippen LogP contribution is 2.35. The number of aromatic nitrogens is 1. The quantitative estimate of drug-likeness (QED) is 0.473. The average Bonchev–Trinajstić information content (AvgIpc) is 3.18. The Morgan fingerprint density at radius 1 is 0.949 bits per heavy atom. The number of Topliss-reactive ketones (excluding diaryl/α,β-unsaturated/α-hetero) is 1. The molecule has 4 heterocycles. The third-order valence-electron chi connectivity index (χ3n) is 8.07. The van der Waals surface area contributed by atoms with Crippen molar-refractivity contribution in [2.24, 2.45) is 0 Å². The molecule has 1 amide bonds. The van der Waals surface area contributed by atoms with E-state index >= 15 is 0 Å². The van der Waals surface area contributed by atoms with Crippen LogP contribution in [0.4, 0.5) is 10.5 Å². The molecule has 0 N–H and O–H groups in total. The zero-order valence-electron chi connectivity index (χ0n) is 23.7. The molecule has 5 rings (SSSR count). The Morgan fingerprint density at radius 2 is 1.62 bits per heavy atom. The maximum absolute atomic E-state index is 12.7. The minimum Gasteiger partial charge on any atom is -0.444 e. The van der Waals surface area contributed by atoms with Gasteiger partial charge in [0, 0.05) is 74.5 Å². The first-order valence-corrected chi connectivity index (χ1v) is 14.5. The van der Waals surface area contributed by atoms with Crippen molar-refractivity contribution >= 4 is 17.6 Å². The van der Waals surface area contributed by atoms with Crippen molar-refractivity contribution in [2.75, 3.05) is 57.3 Å². The number of benzene rings is 1. The second kappa shape index (κ2) is 12.0. The molecule has 3 aliphatic heterocycles. The van der Waals surface area contributed by atoms with Gasteiger partial charge in [0.15, 0.2) is 5.78 Å². The van der Waals surface area contributed by atoms with Crippen LogP contribution in [0.5, 0.6) is 0 Å². The summed E-state index contributed by atoms with van der Waals surface area (Å²) < 4.78 is 5.63. The predicted octanol–water partition coefficient (Wildman–Crippen LogP) is 4.10. The van der Waals surface area contributed by atoms with Crippen molar-refractivity contribution in [1.82, 2.24) is 19.7 Å². The topological polar surface area (TPSA) is 69.2 Å². The van der Waals surface area contributed by atoms with Gasteiger partial charge in [0.25, 0.3) is 0 Å². The number of piperazine rings is 2. The van der Waals surface area contributed by atoms with Crippen molar-refractivity contribution in [3.63, 3.8) is 0 Å². The molecule has 8 nitrogen and oxygen atoms in total. The smallest absolute Gasteiger partial charge is 0.410 e. The molecule has 39 heavy (non-hydrogen) atoms. The molecule has 3 fully saturated rings. The summed E-state index contributed by atoms with van der Waals surface area (Å²) in [5.74, 6) is 0.203. The van der Waals surface area contributed by atoms with E-state index in [1.165, 1.54) is 5.69 Å². The molecule has 1 aromatic heterocycles. The fraction of sp³-hybridized carbons (Fsp3) is 0.581. The van der Waals surface area contributed by atoms with Crippen LogP contribution < -0.4 is 4.90 Å². The van der Waals surface area contributed by atoms with E-state index in [-0.39, 0.29) is 11.9 Å². The summed E-state index contributed by atoms with van der Waals surface area (Å²) in [4.78, 5) is 39.0. The molecule has 1 aromatic carbocycles. The molecule has 3 saturated heterocycles. The number of ketones is 1. The lowest BCUT2D eigenvalue weighted by molar-refractivity contribution is 0.0209. The normalized spacial score (nSPS) is 22.2. The van der Waals surface area contributed by atoms with E-state index in [1.807, 2.05) is 62.2 Å². The number of amides is 1. The van der Waals surface area contributed by atoms with Crippen molar-refractivity contribution in [3.8, 4) is 0 Å². The highest BCUT2D eigenvalue weighted by Gasteiger charge is 2.42. The van der Waals surface area contributed by atoms with Gasteiger partial charge in [-0.25, -0.2) is 4.79 Å². The molecule has 0 aliphatic carbocycles. The van der Waals surface area contributed by atoms with Crippen molar-refractivity contribution in [3.05, 3.63) is 59.9 Å². The molecular formula is C31H43N5O3. The molecule has 2 atom stereocenters. The van der Waals surface area contributed by atoms with Gasteiger partial charge in [-0.15, -0.1) is 0 Å². The Kier molecular flexibility index (Phi) is 8.52. The lowest BCUT2D eigenvalue weighted by atomic mass is 10.1. The highest BCUT2D eigenvalue weighted by atomic mass is 16.6. The van der Waals surface area contributed by atoms with Crippen LogP contribution in [0.15, 0.2) is 48.7 Å². The summed E-state index contributed by atoms with van der Waals surface area (Å²) in [6.07, 6.45) is 5.96. The van der Waals surface area contributed by atoms with Gasteiger partial charge >= 0.3 is 6.09 Å². The maximum Gasteiger partial charge on any atom is 0.410 e. The van der Waals surface area contributed by atoms with E-state index in [4.69, 9.17) is 4.74 Å². The van der Waals surface area contributed by atoms with Crippen LogP contribution in [0.25, 0.3) is 0 Å². The molecule has 2 unspecified atom stereocenters. The predicted molar refractivity (Wildman–Crippen MR) is 153 cm³/mol. The van der Waals surface area contributed by atoms with E-state index < -0.39 is 5.60 Å². The number of anilines is 1. The van der Waals surface area contributed by atoms with Gasteiger partial charge in [-0.1, -0.05) is 30.3 Å². The van der Waals surface area contributed by atoms with Crippen LogP contribution in [-0.2, 0) is 11.2 Å². The number of rotatable bonds is 8. The third-order valence-corrected chi connectivity index (χ3v) is 8.07. The van der Waals surface area contributed by atoms with Gasteiger partial charge in [0.05, 0.1) is 6.54 Å². The van der Waals surface area contributed by atoms with E-state index in [2.05, 4.69) is 31.8 Å². The number of carbonyl (C=O) groups excluding carboxylic acids is 2. The third kappa shape index (κ3) is 7.17. The summed E-state index contributed by atoms with van der Waals surface area (Å²) in [5, 5.41) is 0.